The fourth-order valence-corrected chi connectivity index (χ4v) is 2.95. The van der Waals surface area contributed by atoms with E-state index in [-0.39, 0.29) is 6.04 Å². The summed E-state index contributed by atoms with van der Waals surface area (Å²) < 4.78 is 0. The molecule has 1 aromatic carbocycles. The van der Waals surface area contributed by atoms with Crippen LogP contribution < -0.4 is 5.73 Å². The molecule has 0 radical (unpaired) electrons. The average molecular weight is 276 g/mol. The molecule has 0 saturated heterocycles. The third kappa shape index (κ3) is 4.60. The van der Waals surface area contributed by atoms with Crippen molar-refractivity contribution in [1.29, 1.82) is 0 Å². The van der Waals surface area contributed by atoms with E-state index in [0.29, 0.717) is 12.1 Å². The molecule has 0 saturated carbocycles. The van der Waals surface area contributed by atoms with Gasteiger partial charge in [0.2, 0.25) is 0 Å². The molecule has 2 heteroatoms. The number of benzene rings is 1. The van der Waals surface area contributed by atoms with Crippen LogP contribution in [0.2, 0.25) is 0 Å². The van der Waals surface area contributed by atoms with E-state index in [9.17, 15) is 0 Å². The van der Waals surface area contributed by atoms with Crippen molar-refractivity contribution in [2.24, 2.45) is 5.73 Å². The van der Waals surface area contributed by atoms with Gasteiger partial charge in [-0.2, -0.15) is 0 Å². The zero-order valence-electron chi connectivity index (χ0n) is 13.9. The fraction of sp³-hybridized carbons (Fsp3) is 0.667. The second-order valence-corrected chi connectivity index (χ2v) is 6.20. The highest BCUT2D eigenvalue weighted by atomic mass is 15.2. The monoisotopic (exact) mass is 276 g/mol. The molecule has 0 amide bonds. The Balaban J connectivity index is 2.99. The highest BCUT2D eigenvalue weighted by molar-refractivity contribution is 5.30. The zero-order valence-corrected chi connectivity index (χ0v) is 13.9. The van der Waals surface area contributed by atoms with Crippen LogP contribution in [0.15, 0.2) is 24.3 Å². The third-order valence-electron chi connectivity index (χ3n) is 4.05. The lowest BCUT2D eigenvalue weighted by atomic mass is 9.93. The SMILES string of the molecule is CCCCCN(C(C)C)C(c1ccccc1C)C(C)N. The summed E-state index contributed by atoms with van der Waals surface area (Å²) >= 11 is 0. The van der Waals surface area contributed by atoms with Crippen LogP contribution >= 0.6 is 0 Å². The lowest BCUT2D eigenvalue weighted by Crippen LogP contribution is -2.44. The normalized spacial score (nSPS) is 14.8. The number of aryl methyl sites for hydroxylation is 1. The van der Waals surface area contributed by atoms with Crippen LogP contribution in [0.4, 0.5) is 0 Å². The van der Waals surface area contributed by atoms with Gasteiger partial charge < -0.3 is 5.73 Å². The highest BCUT2D eigenvalue weighted by Gasteiger charge is 2.26. The quantitative estimate of drug-likeness (QED) is 0.718. The van der Waals surface area contributed by atoms with Gasteiger partial charge in [0.25, 0.3) is 0 Å². The minimum absolute atomic E-state index is 0.139. The van der Waals surface area contributed by atoms with E-state index in [4.69, 9.17) is 5.73 Å². The Hall–Kier alpha value is -0.860. The Morgan fingerprint density at radius 3 is 2.25 bits per heavy atom. The summed E-state index contributed by atoms with van der Waals surface area (Å²) in [6.07, 6.45) is 3.81. The Labute approximate surface area is 125 Å². The smallest absolute Gasteiger partial charge is 0.0501 e. The molecule has 0 aliphatic heterocycles. The molecule has 0 aliphatic carbocycles. The van der Waals surface area contributed by atoms with Crippen LogP contribution in [0.1, 0.15) is 64.1 Å². The van der Waals surface area contributed by atoms with Crippen molar-refractivity contribution < 1.29 is 0 Å². The van der Waals surface area contributed by atoms with E-state index in [2.05, 4.69) is 63.8 Å². The van der Waals surface area contributed by atoms with Gasteiger partial charge in [0, 0.05) is 12.1 Å². The fourth-order valence-electron chi connectivity index (χ4n) is 2.95. The molecule has 0 aliphatic rings. The van der Waals surface area contributed by atoms with Crippen molar-refractivity contribution in [2.45, 2.75) is 72.0 Å². The predicted molar refractivity (Wildman–Crippen MR) is 88.9 cm³/mol. The van der Waals surface area contributed by atoms with Crippen molar-refractivity contribution in [3.63, 3.8) is 0 Å². The van der Waals surface area contributed by atoms with Crippen LogP contribution in [0.25, 0.3) is 0 Å². The molecule has 2 unspecified atom stereocenters. The van der Waals surface area contributed by atoms with Crippen LogP contribution in [0.3, 0.4) is 0 Å². The largest absolute Gasteiger partial charge is 0.326 e. The van der Waals surface area contributed by atoms with Crippen molar-refractivity contribution in [3.8, 4) is 0 Å². The summed E-state index contributed by atoms with van der Waals surface area (Å²) in [6.45, 7) is 12.3. The minimum atomic E-state index is 0.139. The topological polar surface area (TPSA) is 29.3 Å². The van der Waals surface area contributed by atoms with Crippen LogP contribution in [0, 0.1) is 6.92 Å². The summed E-state index contributed by atoms with van der Waals surface area (Å²) in [5.74, 6) is 0. The first kappa shape index (κ1) is 17.2. The Bertz CT molecular complexity index is 385. The molecule has 2 N–H and O–H groups in total. The van der Waals surface area contributed by atoms with Gasteiger partial charge >= 0.3 is 0 Å². The van der Waals surface area contributed by atoms with Crippen molar-refractivity contribution in [1.82, 2.24) is 4.90 Å². The van der Waals surface area contributed by atoms with Crippen LogP contribution in [-0.4, -0.2) is 23.5 Å². The third-order valence-corrected chi connectivity index (χ3v) is 4.05. The van der Waals surface area contributed by atoms with Crippen LogP contribution in [-0.2, 0) is 0 Å². The Morgan fingerprint density at radius 2 is 1.75 bits per heavy atom. The molecule has 0 fully saturated rings. The maximum Gasteiger partial charge on any atom is 0.0501 e. The van der Waals surface area contributed by atoms with Crippen LogP contribution in [0.5, 0.6) is 0 Å². The lowest BCUT2D eigenvalue weighted by Gasteiger charge is -2.38. The van der Waals surface area contributed by atoms with Crippen molar-refractivity contribution >= 4 is 0 Å². The molecule has 0 spiro atoms. The molecule has 0 bridgehead atoms. The predicted octanol–water partition coefficient (Wildman–Crippen LogP) is 4.28. The number of unbranched alkanes of at least 4 members (excludes halogenated alkanes) is 2. The van der Waals surface area contributed by atoms with E-state index in [0.717, 1.165) is 6.54 Å². The van der Waals surface area contributed by atoms with Gasteiger partial charge in [-0.3, -0.25) is 4.90 Å². The van der Waals surface area contributed by atoms with E-state index in [1.54, 1.807) is 0 Å². The van der Waals surface area contributed by atoms with Crippen molar-refractivity contribution in [3.05, 3.63) is 35.4 Å². The number of hydrogen-bond donors (Lipinski definition) is 1. The minimum Gasteiger partial charge on any atom is -0.326 e. The maximum atomic E-state index is 6.34. The highest BCUT2D eigenvalue weighted by Crippen LogP contribution is 2.28. The average Bonchev–Trinajstić information content (AvgIpc) is 2.39. The summed E-state index contributed by atoms with van der Waals surface area (Å²) in [5, 5.41) is 0. The molecular weight excluding hydrogens is 244 g/mol. The first-order valence-electron chi connectivity index (χ1n) is 8.05. The molecule has 0 heterocycles. The molecule has 0 aromatic heterocycles. The lowest BCUT2D eigenvalue weighted by molar-refractivity contribution is 0.132. The van der Waals surface area contributed by atoms with Gasteiger partial charge in [-0.15, -0.1) is 0 Å². The van der Waals surface area contributed by atoms with Gasteiger partial charge in [-0.05, 0) is 51.8 Å². The molecule has 1 rings (SSSR count). The molecule has 1 aromatic rings. The number of nitrogens with zero attached hydrogens (tertiary/aromatic N) is 1. The number of rotatable bonds is 8. The molecule has 2 atom stereocenters. The van der Waals surface area contributed by atoms with Gasteiger partial charge in [0.05, 0.1) is 6.04 Å². The molecule has 2 nitrogen and oxygen atoms in total. The molecule has 114 valence electrons. The van der Waals surface area contributed by atoms with E-state index >= 15 is 0 Å². The van der Waals surface area contributed by atoms with Crippen molar-refractivity contribution in [2.75, 3.05) is 6.54 Å². The Morgan fingerprint density at radius 1 is 1.10 bits per heavy atom. The first-order valence-corrected chi connectivity index (χ1v) is 8.05. The second-order valence-electron chi connectivity index (χ2n) is 6.20. The van der Waals surface area contributed by atoms with E-state index in [1.165, 1.54) is 30.4 Å². The number of nitrogens with two attached hydrogens (primary N) is 1. The summed E-state index contributed by atoms with van der Waals surface area (Å²) in [7, 11) is 0. The standard InChI is InChI=1S/C18H32N2/c1-6-7-10-13-20(14(2)3)18(16(5)19)17-12-9-8-11-15(17)4/h8-9,11-12,14,16,18H,6-7,10,13,19H2,1-5H3. The summed E-state index contributed by atoms with van der Waals surface area (Å²) in [4.78, 5) is 2.57. The molecular formula is C18H32N2. The maximum absolute atomic E-state index is 6.34. The second kappa shape index (κ2) is 8.43. The summed E-state index contributed by atoms with van der Waals surface area (Å²) in [5.41, 5.74) is 9.06. The molecule has 20 heavy (non-hydrogen) atoms. The van der Waals surface area contributed by atoms with Gasteiger partial charge in [-0.1, -0.05) is 44.0 Å². The van der Waals surface area contributed by atoms with Gasteiger partial charge in [0.15, 0.2) is 0 Å². The Kier molecular flexibility index (Phi) is 7.25. The van der Waals surface area contributed by atoms with E-state index < -0.39 is 0 Å². The first-order chi connectivity index (χ1) is 9.49. The van der Waals surface area contributed by atoms with Gasteiger partial charge in [-0.25, -0.2) is 0 Å². The zero-order chi connectivity index (χ0) is 15.1. The summed E-state index contributed by atoms with van der Waals surface area (Å²) in [6, 6.07) is 9.62. The van der Waals surface area contributed by atoms with E-state index in [1.807, 2.05) is 0 Å². The number of hydrogen-bond acceptors (Lipinski definition) is 2. The van der Waals surface area contributed by atoms with Gasteiger partial charge in [0.1, 0.15) is 0 Å².